The third-order valence-electron chi connectivity index (χ3n) is 8.87. The van der Waals surface area contributed by atoms with Crippen LogP contribution in [0.5, 0.6) is 11.5 Å². The molecule has 0 fully saturated rings. The van der Waals surface area contributed by atoms with E-state index >= 15 is 0 Å². The van der Waals surface area contributed by atoms with Crippen LogP contribution in [0.3, 0.4) is 0 Å². The van der Waals surface area contributed by atoms with Crippen molar-refractivity contribution in [3.05, 3.63) is 89.8 Å². The zero-order valence-corrected chi connectivity index (χ0v) is 28.5. The van der Waals surface area contributed by atoms with Crippen molar-refractivity contribution in [2.45, 2.75) is 38.4 Å². The molecule has 50 heavy (non-hydrogen) atoms. The Kier molecular flexibility index (Phi) is 11.4. The van der Waals surface area contributed by atoms with Crippen molar-refractivity contribution in [2.24, 2.45) is 0 Å². The summed E-state index contributed by atoms with van der Waals surface area (Å²) >= 11 is 0. The maximum Gasteiger partial charge on any atom is 0.240 e. The Labute approximate surface area is 291 Å². The molecule has 1 atom stereocenters. The molecule has 14 heteroatoms. The molecule has 2 aliphatic heterocycles. The number of ether oxygens (including phenoxy) is 3. The minimum Gasteiger partial charge on any atom is -0.494 e. The number of rotatable bonds is 7. The predicted molar refractivity (Wildman–Crippen MR) is 184 cm³/mol. The third-order valence-corrected chi connectivity index (χ3v) is 8.87. The van der Waals surface area contributed by atoms with Gasteiger partial charge >= 0.3 is 0 Å². The lowest BCUT2D eigenvalue weighted by atomic mass is 9.95. The molecule has 3 amide bonds. The Morgan fingerprint density at radius 2 is 1.86 bits per heavy atom. The van der Waals surface area contributed by atoms with E-state index in [0.717, 1.165) is 28.2 Å². The second kappa shape index (κ2) is 16.5. The van der Waals surface area contributed by atoms with Gasteiger partial charge in [-0.3, -0.25) is 19.3 Å². The van der Waals surface area contributed by atoms with Crippen LogP contribution in [0, 0.1) is 0 Å². The Balaban J connectivity index is 1.20. The van der Waals surface area contributed by atoms with Gasteiger partial charge in [-0.2, -0.15) is 5.10 Å². The fourth-order valence-corrected chi connectivity index (χ4v) is 6.45. The number of methoxy groups -OCH3 is 2. The summed E-state index contributed by atoms with van der Waals surface area (Å²) in [5.74, 6) is 1.05. The van der Waals surface area contributed by atoms with Crippen LogP contribution in [0.4, 0.5) is 0 Å². The Bertz CT molecular complexity index is 1790. The van der Waals surface area contributed by atoms with E-state index in [9.17, 15) is 14.4 Å². The molecular formula is C36H44N8O6. The fourth-order valence-electron chi connectivity index (χ4n) is 6.45. The van der Waals surface area contributed by atoms with Crippen LogP contribution in [-0.4, -0.2) is 107 Å². The van der Waals surface area contributed by atoms with Crippen LogP contribution in [0.15, 0.2) is 67.3 Å². The quantitative estimate of drug-likeness (QED) is 0.299. The molecule has 0 spiro atoms. The largest absolute Gasteiger partial charge is 0.494 e. The van der Waals surface area contributed by atoms with Crippen molar-refractivity contribution < 1.29 is 28.6 Å². The molecule has 2 aromatic heterocycles. The Hall–Kier alpha value is -5.21. The van der Waals surface area contributed by atoms with Gasteiger partial charge in [-0.25, -0.2) is 9.67 Å². The van der Waals surface area contributed by atoms with Crippen molar-refractivity contribution in [3.8, 4) is 17.2 Å². The second-order valence-electron chi connectivity index (χ2n) is 12.3. The average molecular weight is 685 g/mol. The number of aromatic nitrogens is 4. The number of nitrogens with one attached hydrogen (secondary N) is 2. The molecule has 0 saturated heterocycles. The number of imidazole rings is 1. The minimum atomic E-state index is -0.429. The summed E-state index contributed by atoms with van der Waals surface area (Å²) in [6, 6.07) is 14.9. The summed E-state index contributed by atoms with van der Waals surface area (Å²) in [7, 11) is 3.20. The van der Waals surface area contributed by atoms with Crippen LogP contribution in [0.1, 0.15) is 41.4 Å². The normalized spacial score (nSPS) is 17.7. The highest BCUT2D eigenvalue weighted by Gasteiger charge is 2.35. The summed E-state index contributed by atoms with van der Waals surface area (Å²) in [5.41, 5.74) is 4.27. The lowest BCUT2D eigenvalue weighted by molar-refractivity contribution is -0.134. The molecule has 0 radical (unpaired) electrons. The van der Waals surface area contributed by atoms with Crippen LogP contribution in [-0.2, 0) is 38.6 Å². The molecule has 6 bridgehead atoms. The van der Waals surface area contributed by atoms with Crippen molar-refractivity contribution in [3.63, 3.8) is 0 Å². The van der Waals surface area contributed by atoms with Crippen LogP contribution < -0.4 is 20.1 Å². The number of benzene rings is 2. The second-order valence-corrected chi connectivity index (χ2v) is 12.3. The number of carbonyl (C=O) groups excluding carboxylic acids is 3. The van der Waals surface area contributed by atoms with Crippen LogP contribution in [0.2, 0.25) is 0 Å². The highest BCUT2D eigenvalue weighted by Crippen LogP contribution is 2.36. The van der Waals surface area contributed by atoms with Gasteiger partial charge in [0.05, 0.1) is 51.5 Å². The maximum atomic E-state index is 13.3. The third kappa shape index (κ3) is 8.32. The maximum absolute atomic E-state index is 13.3. The molecule has 264 valence electrons. The van der Waals surface area contributed by atoms with Crippen LogP contribution >= 0.6 is 0 Å². The number of carbonyl (C=O) groups is 3. The minimum absolute atomic E-state index is 0.0250. The molecule has 6 rings (SSSR count). The highest BCUT2D eigenvalue weighted by molar-refractivity contribution is 5.79. The lowest BCUT2D eigenvalue weighted by Gasteiger charge is -2.36. The number of nitrogens with zero attached hydrogens (tertiary/aromatic N) is 6. The number of para-hydroxylation sites is 2. The first-order valence-electron chi connectivity index (χ1n) is 16.9. The number of hydrogen-bond donors (Lipinski definition) is 2. The first-order valence-corrected chi connectivity index (χ1v) is 16.9. The zero-order valence-electron chi connectivity index (χ0n) is 28.5. The standard InChI is InChI=1S/C36H44N8O6/c1-48-18-12-34(47)43-15-11-30-35-36(43)27-7-5-8-28(19-27)50-17-6-13-37-32(45)23-41(16-14-38-33(46)24-42(30)25-39-35)21-26-20-40-44(22-26)29-9-3-4-10-31(29)49-2/h3-5,7-10,19-20,22,25,36H,6,11-18,21,23-24H2,1-2H3,(H,37,45)(H,38,46). The van der Waals surface area contributed by atoms with E-state index in [1.165, 1.54) is 0 Å². The number of hydrogen-bond acceptors (Lipinski definition) is 9. The van der Waals surface area contributed by atoms with Gasteiger partial charge < -0.3 is 34.3 Å². The van der Waals surface area contributed by atoms with Gasteiger partial charge in [-0.1, -0.05) is 24.3 Å². The molecular weight excluding hydrogens is 640 g/mol. The van der Waals surface area contributed by atoms with E-state index in [1.807, 2.05) is 69.1 Å². The molecule has 0 aliphatic carbocycles. The van der Waals surface area contributed by atoms with E-state index in [-0.39, 0.29) is 37.2 Å². The van der Waals surface area contributed by atoms with Gasteiger partial charge in [0.2, 0.25) is 17.7 Å². The molecule has 2 aliphatic rings. The zero-order chi connectivity index (χ0) is 34.9. The van der Waals surface area contributed by atoms with Crippen LogP contribution in [0.25, 0.3) is 5.69 Å². The van der Waals surface area contributed by atoms with Gasteiger partial charge in [0.1, 0.15) is 29.8 Å². The lowest BCUT2D eigenvalue weighted by Crippen LogP contribution is -2.42. The predicted octanol–water partition coefficient (Wildman–Crippen LogP) is 2.11. The molecule has 14 nitrogen and oxygen atoms in total. The summed E-state index contributed by atoms with van der Waals surface area (Å²) in [5, 5.41) is 10.5. The van der Waals surface area contributed by atoms with Crippen molar-refractivity contribution in [1.29, 1.82) is 0 Å². The molecule has 4 aromatic rings. The van der Waals surface area contributed by atoms with Gasteiger partial charge in [0, 0.05) is 63.7 Å². The molecule has 2 N–H and O–H groups in total. The SMILES string of the molecule is COCCC(=O)N1CCc2c3ncn2CC(=O)NCCN(Cc2cnn(-c4ccccc4OC)c2)CC(=O)NCCCOc2cccc(c2)C31. The summed E-state index contributed by atoms with van der Waals surface area (Å²) < 4.78 is 20.4. The summed E-state index contributed by atoms with van der Waals surface area (Å²) in [6.07, 6.45) is 6.80. The fraction of sp³-hybridized carbons (Fsp3) is 0.417. The average Bonchev–Trinajstić information content (AvgIpc) is 3.76. The van der Waals surface area contributed by atoms with Crippen molar-refractivity contribution >= 4 is 17.7 Å². The van der Waals surface area contributed by atoms with Crippen molar-refractivity contribution in [1.82, 2.24) is 39.8 Å². The van der Waals surface area contributed by atoms with Gasteiger partial charge in [-0.15, -0.1) is 0 Å². The first-order chi connectivity index (χ1) is 24.4. The van der Waals surface area contributed by atoms with E-state index in [2.05, 4.69) is 15.7 Å². The highest BCUT2D eigenvalue weighted by atomic mass is 16.5. The summed E-state index contributed by atoms with van der Waals surface area (Å²) in [4.78, 5) is 48.2. The molecule has 2 aromatic carbocycles. The Morgan fingerprint density at radius 3 is 2.72 bits per heavy atom. The van der Waals surface area contributed by atoms with E-state index in [1.54, 1.807) is 31.4 Å². The van der Waals surface area contributed by atoms with Gasteiger partial charge in [0.15, 0.2) is 0 Å². The molecule has 4 heterocycles. The van der Waals surface area contributed by atoms with E-state index < -0.39 is 6.04 Å². The monoisotopic (exact) mass is 684 g/mol. The molecule has 0 saturated carbocycles. The van der Waals surface area contributed by atoms with E-state index in [4.69, 9.17) is 19.2 Å². The topological polar surface area (TPSA) is 145 Å². The first kappa shape index (κ1) is 34.6. The summed E-state index contributed by atoms with van der Waals surface area (Å²) in [6.45, 7) is 3.13. The van der Waals surface area contributed by atoms with E-state index in [0.29, 0.717) is 70.3 Å². The Morgan fingerprint density at radius 1 is 1.02 bits per heavy atom. The molecule has 1 unspecified atom stereocenters. The van der Waals surface area contributed by atoms with Crippen molar-refractivity contribution in [2.75, 3.05) is 60.2 Å². The smallest absolute Gasteiger partial charge is 0.240 e. The number of amides is 3. The van der Waals surface area contributed by atoms with Gasteiger partial charge in [0.25, 0.3) is 0 Å². The van der Waals surface area contributed by atoms with Gasteiger partial charge in [-0.05, 0) is 36.2 Å². The number of fused-ring (bicyclic) bond motifs is 3.